The summed E-state index contributed by atoms with van der Waals surface area (Å²) in [6, 6.07) is 8.75. The molecule has 0 spiro atoms. The zero-order valence-electron chi connectivity index (χ0n) is 28.6. The summed E-state index contributed by atoms with van der Waals surface area (Å²) in [5, 5.41) is 0. The van der Waals surface area contributed by atoms with Gasteiger partial charge < -0.3 is 4.48 Å². The van der Waals surface area contributed by atoms with E-state index >= 15 is 0 Å². The van der Waals surface area contributed by atoms with Crippen LogP contribution in [0.15, 0.2) is 54.6 Å². The minimum Gasteiger partial charge on any atom is -0.324 e. The van der Waals surface area contributed by atoms with Gasteiger partial charge in [0.05, 0.1) is 61.1 Å². The minimum atomic E-state index is -3.32. The Hall–Kier alpha value is -2.74. The van der Waals surface area contributed by atoms with Gasteiger partial charge in [0.15, 0.2) is 0 Å². The normalized spacial score (nSPS) is 11.8. The monoisotopic (exact) mass is 649 g/mol. The molecule has 0 aliphatic heterocycles. The van der Waals surface area contributed by atoms with Crippen LogP contribution in [0.5, 0.6) is 0 Å². The molecule has 3 rings (SSSR count). The minimum absolute atomic E-state index is 0.231. The lowest BCUT2D eigenvalue weighted by atomic mass is 9.13. The van der Waals surface area contributed by atoms with E-state index in [-0.39, 0.29) is 12.7 Å². The summed E-state index contributed by atoms with van der Waals surface area (Å²) in [7, 11) is 0. The van der Waals surface area contributed by atoms with Crippen LogP contribution in [-0.4, -0.2) is 36.8 Å². The Morgan fingerprint density at radius 1 is 0.413 bits per heavy atom. The van der Waals surface area contributed by atoms with E-state index in [1.807, 2.05) is 0 Å². The van der Waals surface area contributed by atoms with Crippen LogP contribution >= 0.6 is 0 Å². The number of hydrogen-bond donors (Lipinski definition) is 0. The Kier molecular flexibility index (Phi) is 17.0. The summed E-state index contributed by atoms with van der Waals surface area (Å²) in [5.74, 6) is -6.71. The van der Waals surface area contributed by atoms with E-state index in [9.17, 15) is 26.3 Å². The number of nitrogens with zero attached hydrogens (tertiary/aromatic N) is 1. The van der Waals surface area contributed by atoms with Gasteiger partial charge in [0, 0.05) is 0 Å². The van der Waals surface area contributed by atoms with Crippen molar-refractivity contribution >= 4 is 22.5 Å². The second-order valence-electron chi connectivity index (χ2n) is 12.7. The molecule has 0 aliphatic rings. The van der Waals surface area contributed by atoms with Gasteiger partial charge in [-0.1, -0.05) is 91.3 Å². The molecular weight excluding hydrogens is 595 g/mol. The van der Waals surface area contributed by atoms with Crippen LogP contribution in [0.4, 0.5) is 26.3 Å². The molecule has 0 saturated carbocycles. The second-order valence-corrected chi connectivity index (χ2v) is 12.7. The maximum Gasteiger partial charge on any atom is 0.103 e. The summed E-state index contributed by atoms with van der Waals surface area (Å²) in [4.78, 5) is 0. The molecule has 0 bridgehead atoms. The highest BCUT2D eigenvalue weighted by molar-refractivity contribution is 7.11. The number of hydrogen-bond acceptors (Lipinski definition) is 0. The molecule has 0 N–H and O–H groups in total. The van der Waals surface area contributed by atoms with E-state index < -0.39 is 57.4 Å². The molecular formula is C38H54BF6N. The van der Waals surface area contributed by atoms with Gasteiger partial charge >= 0.3 is 0 Å². The molecule has 0 fully saturated rings. The largest absolute Gasteiger partial charge is 0.324 e. The summed E-state index contributed by atoms with van der Waals surface area (Å²) in [6.07, 6.45) is 8.21. The molecule has 0 saturated heterocycles. The molecule has 46 heavy (non-hydrogen) atoms. The van der Waals surface area contributed by atoms with Crippen LogP contribution in [0.3, 0.4) is 0 Å². The van der Waals surface area contributed by atoms with Crippen molar-refractivity contribution in [2.24, 2.45) is 0 Å². The van der Waals surface area contributed by atoms with E-state index in [1.54, 1.807) is 6.92 Å². The Labute approximate surface area is 273 Å². The molecule has 0 aromatic heterocycles. The van der Waals surface area contributed by atoms with Crippen molar-refractivity contribution in [3.05, 3.63) is 89.5 Å². The van der Waals surface area contributed by atoms with Crippen molar-refractivity contribution in [1.82, 2.24) is 0 Å². The van der Waals surface area contributed by atoms with Gasteiger partial charge in [0.25, 0.3) is 0 Å². The third-order valence-electron chi connectivity index (χ3n) is 9.41. The number of benzene rings is 3. The molecule has 8 heteroatoms. The van der Waals surface area contributed by atoms with Gasteiger partial charge in [0.2, 0.25) is 0 Å². The maximum atomic E-state index is 15.0. The molecule has 256 valence electrons. The fraction of sp³-hybridized carbons (Fsp3) is 0.526. The highest BCUT2D eigenvalue weighted by atomic mass is 19.2. The first-order valence-electron chi connectivity index (χ1n) is 17.4. The van der Waals surface area contributed by atoms with Crippen molar-refractivity contribution in [1.29, 1.82) is 0 Å². The summed E-state index contributed by atoms with van der Waals surface area (Å²) in [5.41, 5.74) is -2.18. The van der Waals surface area contributed by atoms with Crippen LogP contribution in [0.1, 0.15) is 98.8 Å². The van der Waals surface area contributed by atoms with E-state index in [2.05, 4.69) is 27.7 Å². The van der Waals surface area contributed by atoms with Gasteiger partial charge in [-0.2, -0.15) is 6.32 Å². The fourth-order valence-electron chi connectivity index (χ4n) is 6.97. The average Bonchev–Trinajstić information content (AvgIpc) is 3.03. The predicted molar refractivity (Wildman–Crippen MR) is 183 cm³/mol. The van der Waals surface area contributed by atoms with Crippen molar-refractivity contribution in [3.63, 3.8) is 0 Å². The number of rotatable bonds is 18. The van der Waals surface area contributed by atoms with Gasteiger partial charge in [-0.3, -0.25) is 0 Å². The quantitative estimate of drug-likeness (QED) is 0.0732. The Morgan fingerprint density at radius 3 is 0.870 bits per heavy atom. The standard InChI is InChI=1S/C22H18BF6.C16H36N/c1-2-3-13-23(20-14(24)7-4-8-15(20)25,21-16(26)9-5-10-17(21)27)22-18(28)11-6-12-19(22)29;1-5-9-13-17(14-10-6-2,15-11-7-3)16-12-8-4/h4-12H,2-3,13H2,1H3;5-16H2,1-4H3/q-1;+1. The molecule has 0 aliphatic carbocycles. The highest BCUT2D eigenvalue weighted by Gasteiger charge is 2.41. The zero-order chi connectivity index (χ0) is 34.2. The Bertz CT molecular complexity index is 1110. The molecule has 1 nitrogen and oxygen atoms in total. The van der Waals surface area contributed by atoms with E-state index in [4.69, 9.17) is 0 Å². The van der Waals surface area contributed by atoms with Gasteiger partial charge in [-0.05, 0) is 62.1 Å². The van der Waals surface area contributed by atoms with Crippen LogP contribution in [0.2, 0.25) is 6.32 Å². The zero-order valence-corrected chi connectivity index (χ0v) is 28.6. The molecule has 0 radical (unpaired) electrons. The van der Waals surface area contributed by atoms with Crippen LogP contribution in [0, 0.1) is 34.9 Å². The van der Waals surface area contributed by atoms with Gasteiger partial charge in [-0.25, -0.2) is 26.3 Å². The molecule has 0 atom stereocenters. The van der Waals surface area contributed by atoms with Gasteiger partial charge in [-0.15, -0.1) is 16.4 Å². The topological polar surface area (TPSA) is 0 Å². The summed E-state index contributed by atoms with van der Waals surface area (Å²) in [6.45, 7) is 16.8. The van der Waals surface area contributed by atoms with Crippen LogP contribution in [0.25, 0.3) is 0 Å². The molecule has 3 aromatic carbocycles. The third kappa shape index (κ3) is 9.89. The molecule has 0 heterocycles. The van der Waals surface area contributed by atoms with Crippen LogP contribution < -0.4 is 16.4 Å². The van der Waals surface area contributed by atoms with Crippen molar-refractivity contribution < 1.29 is 30.8 Å². The smallest absolute Gasteiger partial charge is 0.103 e. The third-order valence-corrected chi connectivity index (χ3v) is 9.41. The molecule has 0 unspecified atom stereocenters. The van der Waals surface area contributed by atoms with Crippen molar-refractivity contribution in [3.8, 4) is 0 Å². The van der Waals surface area contributed by atoms with Crippen molar-refractivity contribution in [2.45, 2.75) is 105 Å². The first-order valence-corrected chi connectivity index (χ1v) is 17.4. The maximum absolute atomic E-state index is 15.0. The van der Waals surface area contributed by atoms with Gasteiger partial charge in [0.1, 0.15) is 6.15 Å². The molecule has 3 aromatic rings. The summed E-state index contributed by atoms with van der Waals surface area (Å²) < 4.78 is 91.2. The lowest BCUT2D eigenvalue weighted by molar-refractivity contribution is -0.929. The summed E-state index contributed by atoms with van der Waals surface area (Å²) >= 11 is 0. The number of quaternary nitrogens is 1. The highest BCUT2D eigenvalue weighted by Crippen LogP contribution is 2.24. The number of unbranched alkanes of at least 4 members (excludes halogenated alkanes) is 5. The van der Waals surface area contributed by atoms with E-state index in [1.165, 1.54) is 82.0 Å². The van der Waals surface area contributed by atoms with Crippen molar-refractivity contribution in [2.75, 3.05) is 26.2 Å². The van der Waals surface area contributed by atoms with Crippen LogP contribution in [-0.2, 0) is 0 Å². The predicted octanol–water partition coefficient (Wildman–Crippen LogP) is 9.80. The lowest BCUT2D eigenvalue weighted by Crippen LogP contribution is -2.72. The second kappa shape index (κ2) is 19.8. The average molecular weight is 650 g/mol. The first kappa shape index (κ1) is 39.4. The fourth-order valence-corrected chi connectivity index (χ4v) is 6.97. The SMILES string of the molecule is CCCC[B-](c1c(F)cccc1F)(c1c(F)cccc1F)c1c(F)cccc1F.CCCC[N+](CCCC)(CCCC)CCCC. The van der Waals surface area contributed by atoms with E-state index in [0.717, 1.165) is 54.6 Å². The lowest BCUT2D eigenvalue weighted by Gasteiger charge is -2.43. The molecule has 0 amide bonds. The van der Waals surface area contributed by atoms with E-state index in [0.29, 0.717) is 6.42 Å². The first-order chi connectivity index (χ1) is 22.1. The number of halogens is 6. The Balaban J connectivity index is 0.000000372. The Morgan fingerprint density at radius 2 is 0.652 bits per heavy atom.